The SMILES string of the molecule is CC(=O)O[C@@H](C/C=C(/C)CSc1ccccc1)C(C)(C)C=O. The van der Waals surface area contributed by atoms with Crippen LogP contribution in [0.1, 0.15) is 34.1 Å². The molecule has 0 saturated heterocycles. The molecule has 0 N–H and O–H groups in total. The van der Waals surface area contributed by atoms with Crippen LogP contribution < -0.4 is 0 Å². The highest BCUT2D eigenvalue weighted by Gasteiger charge is 2.31. The molecule has 0 unspecified atom stereocenters. The lowest BCUT2D eigenvalue weighted by Crippen LogP contribution is -2.34. The Hall–Kier alpha value is -1.55. The summed E-state index contributed by atoms with van der Waals surface area (Å²) < 4.78 is 5.30. The average molecular weight is 320 g/mol. The predicted octanol–water partition coefficient (Wildman–Crippen LogP) is 4.27. The van der Waals surface area contributed by atoms with E-state index in [2.05, 4.69) is 25.1 Å². The first-order chi connectivity index (χ1) is 10.3. The Morgan fingerprint density at radius 1 is 1.27 bits per heavy atom. The molecule has 4 heteroatoms. The predicted molar refractivity (Wildman–Crippen MR) is 90.9 cm³/mol. The van der Waals surface area contributed by atoms with E-state index in [1.54, 1.807) is 25.6 Å². The van der Waals surface area contributed by atoms with Gasteiger partial charge in [0.05, 0.1) is 5.41 Å². The van der Waals surface area contributed by atoms with Crippen molar-refractivity contribution in [2.45, 2.75) is 45.1 Å². The van der Waals surface area contributed by atoms with Gasteiger partial charge in [-0.25, -0.2) is 0 Å². The second kappa shape index (κ2) is 8.79. The van der Waals surface area contributed by atoms with E-state index in [9.17, 15) is 9.59 Å². The van der Waals surface area contributed by atoms with E-state index in [-0.39, 0.29) is 5.97 Å². The van der Waals surface area contributed by atoms with Crippen LogP contribution in [0.4, 0.5) is 0 Å². The van der Waals surface area contributed by atoms with Crippen LogP contribution in [-0.4, -0.2) is 24.1 Å². The summed E-state index contributed by atoms with van der Waals surface area (Å²) in [5.74, 6) is 0.517. The smallest absolute Gasteiger partial charge is 0.302 e. The minimum Gasteiger partial charge on any atom is -0.461 e. The van der Waals surface area contributed by atoms with Gasteiger partial charge in [0.1, 0.15) is 12.4 Å². The van der Waals surface area contributed by atoms with Crippen LogP contribution in [0.25, 0.3) is 0 Å². The van der Waals surface area contributed by atoms with Gasteiger partial charge in [0.15, 0.2) is 0 Å². The first kappa shape index (κ1) is 18.5. The van der Waals surface area contributed by atoms with Gasteiger partial charge in [0.2, 0.25) is 0 Å². The number of esters is 1. The molecule has 0 aromatic heterocycles. The summed E-state index contributed by atoms with van der Waals surface area (Å²) in [4.78, 5) is 23.6. The third-order valence-corrected chi connectivity index (χ3v) is 4.54. The van der Waals surface area contributed by atoms with Crippen LogP contribution in [-0.2, 0) is 14.3 Å². The molecular weight excluding hydrogens is 296 g/mol. The molecule has 0 amide bonds. The molecule has 1 atom stereocenters. The highest BCUT2D eigenvalue weighted by atomic mass is 32.2. The van der Waals surface area contributed by atoms with Crippen molar-refractivity contribution in [1.82, 2.24) is 0 Å². The minimum absolute atomic E-state index is 0.357. The van der Waals surface area contributed by atoms with Crippen molar-refractivity contribution in [2.24, 2.45) is 5.41 Å². The molecule has 120 valence electrons. The van der Waals surface area contributed by atoms with Gasteiger partial charge in [-0.15, -0.1) is 11.8 Å². The van der Waals surface area contributed by atoms with Crippen LogP contribution in [0.5, 0.6) is 0 Å². The van der Waals surface area contributed by atoms with Gasteiger partial charge in [-0.3, -0.25) is 4.79 Å². The zero-order chi connectivity index (χ0) is 16.6. The highest BCUT2D eigenvalue weighted by Crippen LogP contribution is 2.25. The van der Waals surface area contributed by atoms with E-state index >= 15 is 0 Å². The number of carbonyl (C=O) groups excluding carboxylic acids is 2. The Balaban J connectivity index is 2.61. The van der Waals surface area contributed by atoms with Crippen LogP contribution in [0, 0.1) is 5.41 Å². The van der Waals surface area contributed by atoms with Gasteiger partial charge in [-0.05, 0) is 32.9 Å². The lowest BCUT2D eigenvalue weighted by atomic mass is 9.86. The Bertz CT molecular complexity index is 520. The molecule has 22 heavy (non-hydrogen) atoms. The number of carbonyl (C=O) groups is 2. The molecule has 0 bridgehead atoms. The van der Waals surface area contributed by atoms with E-state index < -0.39 is 11.5 Å². The summed E-state index contributed by atoms with van der Waals surface area (Å²) in [7, 11) is 0. The molecule has 0 saturated carbocycles. The summed E-state index contributed by atoms with van der Waals surface area (Å²) >= 11 is 1.76. The quantitative estimate of drug-likeness (QED) is 0.310. The summed E-state index contributed by atoms with van der Waals surface area (Å²) in [6, 6.07) is 10.2. The molecule has 0 radical (unpaired) electrons. The number of hydrogen-bond donors (Lipinski definition) is 0. The van der Waals surface area contributed by atoms with Crippen molar-refractivity contribution in [3.05, 3.63) is 42.0 Å². The van der Waals surface area contributed by atoms with Crippen molar-refractivity contribution in [3.63, 3.8) is 0 Å². The summed E-state index contributed by atoms with van der Waals surface area (Å²) in [6.45, 7) is 7.00. The molecule has 1 aromatic carbocycles. The maximum absolute atomic E-state index is 11.2. The minimum atomic E-state index is -0.685. The van der Waals surface area contributed by atoms with Crippen LogP contribution >= 0.6 is 11.8 Å². The molecule has 0 aliphatic heterocycles. The van der Waals surface area contributed by atoms with Gasteiger partial charge in [0.25, 0.3) is 0 Å². The van der Waals surface area contributed by atoms with Gasteiger partial charge < -0.3 is 9.53 Å². The molecule has 0 aliphatic rings. The van der Waals surface area contributed by atoms with E-state index in [0.717, 1.165) is 12.0 Å². The number of ether oxygens (including phenoxy) is 1. The maximum Gasteiger partial charge on any atom is 0.302 e. The first-order valence-electron chi connectivity index (χ1n) is 7.32. The first-order valence-corrected chi connectivity index (χ1v) is 8.30. The van der Waals surface area contributed by atoms with E-state index in [1.165, 1.54) is 17.4 Å². The Kier molecular flexibility index (Phi) is 7.39. The number of benzene rings is 1. The second-order valence-corrected chi connectivity index (χ2v) is 6.97. The standard InChI is InChI=1S/C18H24O3S/c1-14(12-22-16-8-6-5-7-9-16)10-11-17(21-15(2)20)18(3,4)13-19/h5-10,13,17H,11-12H2,1-4H3/b14-10-/t17-/m0/s1. The average Bonchev–Trinajstić information content (AvgIpc) is 2.50. The normalized spacial score (nSPS) is 13.5. The monoisotopic (exact) mass is 320 g/mol. The maximum atomic E-state index is 11.2. The topological polar surface area (TPSA) is 43.4 Å². The van der Waals surface area contributed by atoms with Crippen LogP contribution in [0.15, 0.2) is 46.9 Å². The summed E-state index contributed by atoms with van der Waals surface area (Å²) in [5, 5.41) is 0. The molecule has 1 rings (SSSR count). The lowest BCUT2D eigenvalue weighted by Gasteiger charge is -2.27. The zero-order valence-corrected chi connectivity index (χ0v) is 14.5. The third kappa shape index (κ3) is 6.48. The van der Waals surface area contributed by atoms with Crippen LogP contribution in [0.3, 0.4) is 0 Å². The molecule has 0 aliphatic carbocycles. The molecule has 1 aromatic rings. The number of hydrogen-bond acceptors (Lipinski definition) is 4. The molecular formula is C18H24O3S. The fourth-order valence-corrected chi connectivity index (χ4v) is 2.72. The summed E-state index contributed by atoms with van der Waals surface area (Å²) in [5.41, 5.74) is 0.516. The van der Waals surface area contributed by atoms with Crippen molar-refractivity contribution < 1.29 is 14.3 Å². The number of aldehydes is 1. The highest BCUT2D eigenvalue weighted by molar-refractivity contribution is 7.99. The Labute approximate surface area is 137 Å². The van der Waals surface area contributed by atoms with Gasteiger partial charge in [-0.2, -0.15) is 0 Å². The van der Waals surface area contributed by atoms with Crippen molar-refractivity contribution in [1.29, 1.82) is 0 Å². The summed E-state index contributed by atoms with van der Waals surface area (Å²) in [6.07, 6.45) is 3.02. The molecule has 0 fully saturated rings. The van der Waals surface area contributed by atoms with Crippen LogP contribution in [0.2, 0.25) is 0 Å². The van der Waals surface area contributed by atoms with E-state index in [1.807, 2.05) is 18.2 Å². The zero-order valence-electron chi connectivity index (χ0n) is 13.7. The van der Waals surface area contributed by atoms with Crippen molar-refractivity contribution in [2.75, 3.05) is 5.75 Å². The van der Waals surface area contributed by atoms with Gasteiger partial charge in [-0.1, -0.05) is 29.8 Å². The van der Waals surface area contributed by atoms with E-state index in [4.69, 9.17) is 4.74 Å². The van der Waals surface area contributed by atoms with Gasteiger partial charge in [0, 0.05) is 24.0 Å². The molecule has 3 nitrogen and oxygen atoms in total. The molecule has 0 heterocycles. The number of rotatable bonds is 8. The molecule has 0 spiro atoms. The largest absolute Gasteiger partial charge is 0.461 e. The fraction of sp³-hybridized carbons (Fsp3) is 0.444. The van der Waals surface area contributed by atoms with Gasteiger partial charge >= 0.3 is 5.97 Å². The second-order valence-electron chi connectivity index (χ2n) is 5.93. The fourth-order valence-electron chi connectivity index (χ4n) is 1.86. The van der Waals surface area contributed by atoms with Crippen molar-refractivity contribution in [3.8, 4) is 0 Å². The lowest BCUT2D eigenvalue weighted by molar-refractivity contribution is -0.153. The third-order valence-electron chi connectivity index (χ3n) is 3.33. The van der Waals surface area contributed by atoms with E-state index in [0.29, 0.717) is 6.42 Å². The Morgan fingerprint density at radius 2 is 1.91 bits per heavy atom. The number of thioether (sulfide) groups is 1. The Morgan fingerprint density at radius 3 is 2.45 bits per heavy atom. The van der Waals surface area contributed by atoms with Crippen molar-refractivity contribution >= 4 is 24.0 Å².